The van der Waals surface area contributed by atoms with Gasteiger partial charge < -0.3 is 9.90 Å². The highest BCUT2D eigenvalue weighted by Gasteiger charge is 2.51. The molecule has 1 N–H and O–H groups in total. The summed E-state index contributed by atoms with van der Waals surface area (Å²) >= 11 is 0. The number of hydrogen-bond donors (Lipinski definition) is 1. The van der Waals surface area contributed by atoms with Crippen molar-refractivity contribution in [2.45, 2.75) is 37.7 Å². The van der Waals surface area contributed by atoms with Gasteiger partial charge in [-0.1, -0.05) is 6.42 Å². The van der Waals surface area contributed by atoms with Gasteiger partial charge >= 0.3 is 0 Å². The highest BCUT2D eigenvalue weighted by Crippen LogP contribution is 2.49. The van der Waals surface area contributed by atoms with Gasteiger partial charge in [0.2, 0.25) is 0 Å². The molecule has 2 aliphatic rings. The lowest BCUT2D eigenvalue weighted by Crippen LogP contribution is -2.36. The maximum atomic E-state index is 10.6. The van der Waals surface area contributed by atoms with E-state index in [0.717, 1.165) is 38.4 Å². The molecule has 0 bridgehead atoms. The molecule has 2 saturated carbocycles. The van der Waals surface area contributed by atoms with Crippen molar-refractivity contribution in [3.63, 3.8) is 0 Å². The van der Waals surface area contributed by atoms with Crippen LogP contribution < -0.4 is 0 Å². The highest BCUT2D eigenvalue weighted by molar-refractivity contribution is 5.57. The topological polar surface area (TPSA) is 37.3 Å². The van der Waals surface area contributed by atoms with Gasteiger partial charge in [-0.2, -0.15) is 0 Å². The molecule has 0 spiro atoms. The first-order chi connectivity index (χ1) is 5.27. The van der Waals surface area contributed by atoms with Crippen molar-refractivity contribution in [3.05, 3.63) is 0 Å². The van der Waals surface area contributed by atoms with Gasteiger partial charge in [0.05, 0.1) is 5.60 Å². The van der Waals surface area contributed by atoms with Gasteiger partial charge in [0.15, 0.2) is 0 Å². The average Bonchev–Trinajstić information content (AvgIpc) is 2.44. The molecule has 0 aromatic rings. The van der Waals surface area contributed by atoms with Crippen LogP contribution in [0.25, 0.3) is 0 Å². The van der Waals surface area contributed by atoms with Crippen molar-refractivity contribution in [3.8, 4) is 0 Å². The predicted molar refractivity (Wildman–Crippen MR) is 41.1 cm³/mol. The maximum Gasteiger partial charge on any atom is 0.125 e. The van der Waals surface area contributed by atoms with E-state index in [9.17, 15) is 9.90 Å². The van der Waals surface area contributed by atoms with Crippen LogP contribution in [0.1, 0.15) is 32.1 Å². The van der Waals surface area contributed by atoms with Crippen molar-refractivity contribution in [1.29, 1.82) is 0 Å². The van der Waals surface area contributed by atoms with E-state index in [0.29, 0.717) is 5.92 Å². The molecule has 2 nitrogen and oxygen atoms in total. The monoisotopic (exact) mass is 154 g/mol. The zero-order chi connectivity index (χ0) is 7.90. The Morgan fingerprint density at radius 2 is 2.18 bits per heavy atom. The van der Waals surface area contributed by atoms with Crippen LogP contribution in [0, 0.1) is 11.8 Å². The minimum atomic E-state index is -0.595. The molecule has 0 heterocycles. The summed E-state index contributed by atoms with van der Waals surface area (Å²) in [7, 11) is 0. The van der Waals surface area contributed by atoms with Crippen LogP contribution in [-0.2, 0) is 4.79 Å². The fourth-order valence-electron chi connectivity index (χ4n) is 2.78. The number of rotatable bonds is 1. The van der Waals surface area contributed by atoms with Crippen molar-refractivity contribution in [1.82, 2.24) is 0 Å². The summed E-state index contributed by atoms with van der Waals surface area (Å²) in [6.07, 6.45) is 5.99. The van der Waals surface area contributed by atoms with Gasteiger partial charge in [-0.05, 0) is 31.6 Å². The predicted octanol–water partition coefficient (Wildman–Crippen LogP) is 1.13. The zero-order valence-corrected chi connectivity index (χ0v) is 6.62. The molecule has 0 radical (unpaired) electrons. The fourth-order valence-corrected chi connectivity index (χ4v) is 2.78. The van der Waals surface area contributed by atoms with Gasteiger partial charge in [0.25, 0.3) is 0 Å². The average molecular weight is 154 g/mol. The molecule has 0 aliphatic heterocycles. The van der Waals surface area contributed by atoms with Crippen LogP contribution in [-0.4, -0.2) is 17.0 Å². The maximum absolute atomic E-state index is 10.6. The molecule has 0 aromatic carbocycles. The second-order valence-electron chi connectivity index (χ2n) is 3.90. The third-order valence-electron chi connectivity index (χ3n) is 3.47. The second kappa shape index (κ2) is 2.31. The molecular weight excluding hydrogens is 140 g/mol. The SMILES string of the molecule is O=CC1CCC2CCCC12O. The van der Waals surface area contributed by atoms with Crippen molar-refractivity contribution < 1.29 is 9.90 Å². The van der Waals surface area contributed by atoms with Crippen LogP contribution in [0.2, 0.25) is 0 Å². The summed E-state index contributed by atoms with van der Waals surface area (Å²) in [6.45, 7) is 0. The zero-order valence-electron chi connectivity index (χ0n) is 6.62. The van der Waals surface area contributed by atoms with Gasteiger partial charge in [0, 0.05) is 5.92 Å². The smallest absolute Gasteiger partial charge is 0.125 e. The van der Waals surface area contributed by atoms with Crippen molar-refractivity contribution in [2.75, 3.05) is 0 Å². The molecule has 3 atom stereocenters. The second-order valence-corrected chi connectivity index (χ2v) is 3.90. The van der Waals surface area contributed by atoms with Gasteiger partial charge in [-0.25, -0.2) is 0 Å². The van der Waals surface area contributed by atoms with E-state index in [4.69, 9.17) is 0 Å². The molecule has 2 fully saturated rings. The van der Waals surface area contributed by atoms with E-state index >= 15 is 0 Å². The van der Waals surface area contributed by atoms with E-state index in [1.54, 1.807) is 0 Å². The molecule has 0 amide bonds. The summed E-state index contributed by atoms with van der Waals surface area (Å²) in [4.78, 5) is 10.6. The molecule has 2 heteroatoms. The van der Waals surface area contributed by atoms with Crippen LogP contribution >= 0.6 is 0 Å². The number of fused-ring (bicyclic) bond motifs is 1. The Hall–Kier alpha value is -0.370. The Morgan fingerprint density at radius 1 is 1.36 bits per heavy atom. The minimum Gasteiger partial charge on any atom is -0.389 e. The normalized spacial score (nSPS) is 49.2. The molecule has 2 aliphatic carbocycles. The summed E-state index contributed by atoms with van der Waals surface area (Å²) in [5.74, 6) is 0.368. The number of carbonyl (C=O) groups is 1. The Balaban J connectivity index is 2.22. The van der Waals surface area contributed by atoms with Crippen molar-refractivity contribution in [2.24, 2.45) is 11.8 Å². The highest BCUT2D eigenvalue weighted by atomic mass is 16.3. The quantitative estimate of drug-likeness (QED) is 0.575. The Kier molecular flexibility index (Phi) is 1.53. The lowest BCUT2D eigenvalue weighted by molar-refractivity contribution is -0.119. The molecular formula is C9H14O2. The number of aldehydes is 1. The largest absolute Gasteiger partial charge is 0.389 e. The van der Waals surface area contributed by atoms with Crippen molar-refractivity contribution >= 4 is 6.29 Å². The Bertz CT molecular complexity index is 178. The Labute approximate surface area is 66.6 Å². The number of aliphatic hydroxyl groups is 1. The first-order valence-corrected chi connectivity index (χ1v) is 4.45. The molecule has 11 heavy (non-hydrogen) atoms. The molecule has 3 unspecified atom stereocenters. The summed E-state index contributed by atoms with van der Waals surface area (Å²) in [6, 6.07) is 0. The van der Waals surface area contributed by atoms with Crippen LogP contribution in [0.15, 0.2) is 0 Å². The van der Waals surface area contributed by atoms with E-state index in [2.05, 4.69) is 0 Å². The summed E-state index contributed by atoms with van der Waals surface area (Å²) in [5.41, 5.74) is -0.595. The summed E-state index contributed by atoms with van der Waals surface area (Å²) < 4.78 is 0. The summed E-state index contributed by atoms with van der Waals surface area (Å²) in [5, 5.41) is 10.1. The van der Waals surface area contributed by atoms with Gasteiger partial charge in [0.1, 0.15) is 6.29 Å². The first kappa shape index (κ1) is 7.29. The first-order valence-electron chi connectivity index (χ1n) is 4.45. The third kappa shape index (κ3) is 0.853. The molecule has 0 aromatic heterocycles. The van der Waals surface area contributed by atoms with Crippen LogP contribution in [0.5, 0.6) is 0 Å². The molecule has 0 saturated heterocycles. The lowest BCUT2D eigenvalue weighted by Gasteiger charge is -2.26. The van der Waals surface area contributed by atoms with Gasteiger partial charge in [-0.3, -0.25) is 0 Å². The van der Waals surface area contributed by atoms with Crippen LogP contribution in [0.3, 0.4) is 0 Å². The third-order valence-corrected chi connectivity index (χ3v) is 3.47. The minimum absolute atomic E-state index is 0.0602. The number of carbonyl (C=O) groups excluding carboxylic acids is 1. The molecule has 62 valence electrons. The van der Waals surface area contributed by atoms with E-state index in [-0.39, 0.29) is 5.92 Å². The standard InChI is InChI=1S/C9H14O2/c10-6-8-4-3-7-2-1-5-9(7,8)11/h6-8,11H,1-5H2. The lowest BCUT2D eigenvalue weighted by atomic mass is 9.87. The van der Waals surface area contributed by atoms with E-state index < -0.39 is 5.60 Å². The number of hydrogen-bond acceptors (Lipinski definition) is 2. The van der Waals surface area contributed by atoms with Gasteiger partial charge in [-0.15, -0.1) is 0 Å². The molecule has 2 rings (SSSR count). The van der Waals surface area contributed by atoms with Crippen LogP contribution in [0.4, 0.5) is 0 Å². The van der Waals surface area contributed by atoms with E-state index in [1.807, 2.05) is 0 Å². The van der Waals surface area contributed by atoms with E-state index in [1.165, 1.54) is 0 Å². The fraction of sp³-hybridized carbons (Fsp3) is 0.889. The Morgan fingerprint density at radius 3 is 2.91 bits per heavy atom.